The molecule has 100 valence electrons. The molecule has 4 nitrogen and oxygen atoms in total. The number of carbonyl (C=O) groups is 1. The summed E-state index contributed by atoms with van der Waals surface area (Å²) in [5, 5.41) is 8.63. The number of unbranched alkanes of at least 4 members (excludes halogenated alkanes) is 3. The van der Waals surface area contributed by atoms with E-state index in [0.29, 0.717) is 6.54 Å². The molecule has 0 spiro atoms. The minimum absolute atomic E-state index is 0.274. The highest BCUT2D eigenvalue weighted by molar-refractivity contribution is 5.66. The summed E-state index contributed by atoms with van der Waals surface area (Å²) in [7, 11) is 0. The highest BCUT2D eigenvalue weighted by Gasteiger charge is 2.16. The van der Waals surface area contributed by atoms with Gasteiger partial charge in [0, 0.05) is 32.7 Å². The molecule has 0 amide bonds. The van der Waals surface area contributed by atoms with Gasteiger partial charge >= 0.3 is 5.97 Å². The lowest BCUT2D eigenvalue weighted by Crippen LogP contribution is -2.47. The highest BCUT2D eigenvalue weighted by atomic mass is 16.4. The fourth-order valence-electron chi connectivity index (χ4n) is 2.25. The first-order valence-electron chi connectivity index (χ1n) is 6.89. The zero-order valence-electron chi connectivity index (χ0n) is 11.0. The molecule has 4 heteroatoms. The Balaban J connectivity index is 2.03. The Morgan fingerprint density at radius 2 is 1.59 bits per heavy atom. The second kappa shape index (κ2) is 8.48. The van der Waals surface area contributed by atoms with Crippen molar-refractivity contribution in [1.82, 2.24) is 9.80 Å². The van der Waals surface area contributed by atoms with Crippen LogP contribution in [0.25, 0.3) is 0 Å². The van der Waals surface area contributed by atoms with Crippen molar-refractivity contribution in [3.63, 3.8) is 0 Å². The van der Waals surface area contributed by atoms with Crippen LogP contribution in [-0.4, -0.2) is 60.1 Å². The predicted octanol–water partition coefficient (Wildman–Crippen LogP) is 1.66. The van der Waals surface area contributed by atoms with Gasteiger partial charge in [-0.2, -0.15) is 0 Å². The third-order valence-corrected chi connectivity index (χ3v) is 3.43. The standard InChI is InChI=1S/C13H26N2O2/c1-2-3-4-5-7-14-9-11-15(12-10-14)8-6-13(16)17/h2-12H2,1H3,(H,16,17). The molecule has 1 aliphatic heterocycles. The minimum Gasteiger partial charge on any atom is -0.481 e. The third kappa shape index (κ3) is 6.64. The number of hydrogen-bond donors (Lipinski definition) is 1. The molecule has 0 radical (unpaired) electrons. The second-order valence-electron chi connectivity index (χ2n) is 4.89. The number of carboxylic acid groups (broad SMARTS) is 1. The van der Waals surface area contributed by atoms with Crippen molar-refractivity contribution in [2.45, 2.75) is 39.0 Å². The summed E-state index contributed by atoms with van der Waals surface area (Å²) in [6, 6.07) is 0. The Labute approximate surface area is 105 Å². The fourth-order valence-corrected chi connectivity index (χ4v) is 2.25. The van der Waals surface area contributed by atoms with E-state index in [9.17, 15) is 4.79 Å². The van der Waals surface area contributed by atoms with Crippen LogP contribution < -0.4 is 0 Å². The van der Waals surface area contributed by atoms with E-state index in [0.717, 1.165) is 26.2 Å². The van der Waals surface area contributed by atoms with Crippen LogP contribution in [0.3, 0.4) is 0 Å². The van der Waals surface area contributed by atoms with E-state index in [1.807, 2.05) is 0 Å². The van der Waals surface area contributed by atoms with Crippen LogP contribution in [0.4, 0.5) is 0 Å². The Bertz CT molecular complexity index is 213. The Hall–Kier alpha value is -0.610. The topological polar surface area (TPSA) is 43.8 Å². The molecule has 1 fully saturated rings. The molecule has 0 aliphatic carbocycles. The molecule has 0 saturated carbocycles. The van der Waals surface area contributed by atoms with Crippen LogP contribution in [0.1, 0.15) is 39.0 Å². The summed E-state index contributed by atoms with van der Waals surface area (Å²) < 4.78 is 0. The van der Waals surface area contributed by atoms with Gasteiger partial charge in [0.05, 0.1) is 6.42 Å². The minimum atomic E-state index is -0.688. The van der Waals surface area contributed by atoms with Crippen LogP contribution in [0.5, 0.6) is 0 Å². The average molecular weight is 242 g/mol. The summed E-state index contributed by atoms with van der Waals surface area (Å²) in [4.78, 5) is 15.2. The molecule has 0 aromatic heterocycles. The monoisotopic (exact) mass is 242 g/mol. The van der Waals surface area contributed by atoms with Gasteiger partial charge in [-0.15, -0.1) is 0 Å². The third-order valence-electron chi connectivity index (χ3n) is 3.43. The van der Waals surface area contributed by atoms with Crippen molar-refractivity contribution in [3.05, 3.63) is 0 Å². The predicted molar refractivity (Wildman–Crippen MR) is 69.3 cm³/mol. The number of carboxylic acids is 1. The van der Waals surface area contributed by atoms with E-state index in [1.165, 1.54) is 32.2 Å². The number of piperazine rings is 1. The molecule has 0 atom stereocenters. The van der Waals surface area contributed by atoms with Gasteiger partial charge in [0.2, 0.25) is 0 Å². The molecule has 0 aromatic carbocycles. The summed E-state index contributed by atoms with van der Waals surface area (Å²) in [5.74, 6) is -0.688. The van der Waals surface area contributed by atoms with Gasteiger partial charge in [0.15, 0.2) is 0 Å². The summed E-state index contributed by atoms with van der Waals surface area (Å²) >= 11 is 0. The average Bonchev–Trinajstić information content (AvgIpc) is 2.33. The first-order valence-corrected chi connectivity index (χ1v) is 6.89. The van der Waals surface area contributed by atoms with Crippen LogP contribution in [0.2, 0.25) is 0 Å². The SMILES string of the molecule is CCCCCCN1CCN(CCC(=O)O)CC1. The zero-order chi connectivity index (χ0) is 12.5. The van der Waals surface area contributed by atoms with Crippen LogP contribution >= 0.6 is 0 Å². The van der Waals surface area contributed by atoms with Gasteiger partial charge in [0.1, 0.15) is 0 Å². The van der Waals surface area contributed by atoms with Crippen molar-refractivity contribution in [3.8, 4) is 0 Å². The van der Waals surface area contributed by atoms with Crippen LogP contribution in [-0.2, 0) is 4.79 Å². The van der Waals surface area contributed by atoms with E-state index < -0.39 is 5.97 Å². The van der Waals surface area contributed by atoms with Crippen LogP contribution in [0, 0.1) is 0 Å². The summed E-state index contributed by atoms with van der Waals surface area (Å²) in [6.07, 6.45) is 5.57. The zero-order valence-corrected chi connectivity index (χ0v) is 11.0. The van der Waals surface area contributed by atoms with Crippen molar-refractivity contribution < 1.29 is 9.90 Å². The molecule has 0 unspecified atom stereocenters. The largest absolute Gasteiger partial charge is 0.481 e. The first-order chi connectivity index (χ1) is 8.22. The van der Waals surface area contributed by atoms with Crippen molar-refractivity contribution in [1.29, 1.82) is 0 Å². The van der Waals surface area contributed by atoms with E-state index in [1.54, 1.807) is 0 Å². The number of aliphatic carboxylic acids is 1. The van der Waals surface area contributed by atoms with Gasteiger partial charge in [-0.05, 0) is 13.0 Å². The van der Waals surface area contributed by atoms with Crippen molar-refractivity contribution in [2.75, 3.05) is 39.3 Å². The van der Waals surface area contributed by atoms with E-state index in [4.69, 9.17) is 5.11 Å². The highest BCUT2D eigenvalue weighted by Crippen LogP contribution is 2.06. The smallest absolute Gasteiger partial charge is 0.304 e. The lowest BCUT2D eigenvalue weighted by molar-refractivity contribution is -0.137. The van der Waals surface area contributed by atoms with E-state index in [-0.39, 0.29) is 6.42 Å². The molecule has 17 heavy (non-hydrogen) atoms. The lowest BCUT2D eigenvalue weighted by atomic mass is 10.2. The van der Waals surface area contributed by atoms with Gasteiger partial charge in [0.25, 0.3) is 0 Å². The fraction of sp³-hybridized carbons (Fsp3) is 0.923. The molecule has 1 heterocycles. The molecule has 1 rings (SSSR count). The summed E-state index contributed by atoms with van der Waals surface area (Å²) in [5.41, 5.74) is 0. The molecule has 1 N–H and O–H groups in total. The number of nitrogens with zero attached hydrogens (tertiary/aromatic N) is 2. The van der Waals surface area contributed by atoms with Gasteiger partial charge < -0.3 is 14.9 Å². The lowest BCUT2D eigenvalue weighted by Gasteiger charge is -2.34. The van der Waals surface area contributed by atoms with Crippen LogP contribution in [0.15, 0.2) is 0 Å². The van der Waals surface area contributed by atoms with Crippen molar-refractivity contribution in [2.24, 2.45) is 0 Å². The molecule has 1 aliphatic rings. The summed E-state index contributed by atoms with van der Waals surface area (Å²) in [6.45, 7) is 8.42. The Kier molecular flexibility index (Phi) is 7.21. The van der Waals surface area contributed by atoms with Gasteiger partial charge in [-0.3, -0.25) is 4.79 Å². The molecule has 0 aromatic rings. The van der Waals surface area contributed by atoms with Gasteiger partial charge in [-0.25, -0.2) is 0 Å². The second-order valence-corrected chi connectivity index (χ2v) is 4.89. The Morgan fingerprint density at radius 3 is 2.12 bits per heavy atom. The molecular weight excluding hydrogens is 216 g/mol. The van der Waals surface area contributed by atoms with Gasteiger partial charge in [-0.1, -0.05) is 26.2 Å². The first kappa shape index (κ1) is 14.5. The maximum absolute atomic E-state index is 10.5. The Morgan fingerprint density at radius 1 is 1.00 bits per heavy atom. The van der Waals surface area contributed by atoms with Crippen molar-refractivity contribution >= 4 is 5.97 Å². The van der Waals surface area contributed by atoms with E-state index in [2.05, 4.69) is 16.7 Å². The quantitative estimate of drug-likeness (QED) is 0.657. The molecule has 0 bridgehead atoms. The normalized spacial score (nSPS) is 18.4. The maximum Gasteiger partial charge on any atom is 0.304 e. The molecule has 1 saturated heterocycles. The van der Waals surface area contributed by atoms with E-state index >= 15 is 0 Å². The number of hydrogen-bond acceptors (Lipinski definition) is 3. The maximum atomic E-state index is 10.5. The molecular formula is C13H26N2O2. The number of rotatable bonds is 8.